The molecule has 5 rings (SSSR count). The first kappa shape index (κ1) is 23.0. The van der Waals surface area contributed by atoms with Gasteiger partial charge in [0.15, 0.2) is 0 Å². The predicted octanol–water partition coefficient (Wildman–Crippen LogP) is 2.33. The first-order chi connectivity index (χ1) is 15.1. The summed E-state index contributed by atoms with van der Waals surface area (Å²) in [4.78, 5) is 24.7. The number of nitrogens with one attached hydrogen (secondary N) is 2. The van der Waals surface area contributed by atoms with Crippen molar-refractivity contribution in [2.24, 2.45) is 23.2 Å². The van der Waals surface area contributed by atoms with Gasteiger partial charge in [-0.2, -0.15) is 5.10 Å². The predicted molar refractivity (Wildman–Crippen MR) is 120 cm³/mol. The SMILES string of the molecule is COCc1c(C(=O)NC2C3CC4CC2CC(CO)(C4)C3)cnn1/C=C/C(C)(C)NC(C)=O. The number of ether oxygens (including phenoxy) is 1. The topological polar surface area (TPSA) is 105 Å². The van der Waals surface area contributed by atoms with Crippen molar-refractivity contribution in [1.82, 2.24) is 20.4 Å². The van der Waals surface area contributed by atoms with Gasteiger partial charge in [-0.15, -0.1) is 0 Å². The number of nitrogens with zero attached hydrogens (tertiary/aromatic N) is 2. The Hall–Kier alpha value is -2.19. The molecule has 4 aliphatic rings. The van der Waals surface area contributed by atoms with Crippen LogP contribution in [0.15, 0.2) is 12.3 Å². The summed E-state index contributed by atoms with van der Waals surface area (Å²) in [5.74, 6) is 1.34. The molecule has 32 heavy (non-hydrogen) atoms. The van der Waals surface area contributed by atoms with Gasteiger partial charge in [0, 0.05) is 32.9 Å². The lowest BCUT2D eigenvalue weighted by Gasteiger charge is -2.59. The second kappa shape index (κ2) is 8.63. The molecule has 0 spiro atoms. The van der Waals surface area contributed by atoms with Crippen LogP contribution in [0.25, 0.3) is 6.20 Å². The zero-order valence-electron chi connectivity index (χ0n) is 19.6. The fourth-order valence-corrected chi connectivity index (χ4v) is 6.59. The number of aliphatic hydroxyl groups is 1. The monoisotopic (exact) mass is 444 g/mol. The third-order valence-corrected chi connectivity index (χ3v) is 7.59. The summed E-state index contributed by atoms with van der Waals surface area (Å²) in [6.07, 6.45) is 10.6. The minimum Gasteiger partial charge on any atom is -0.396 e. The zero-order chi connectivity index (χ0) is 23.1. The average molecular weight is 445 g/mol. The number of rotatable bonds is 8. The van der Waals surface area contributed by atoms with E-state index in [0.717, 1.165) is 32.1 Å². The van der Waals surface area contributed by atoms with E-state index in [-0.39, 0.29) is 36.5 Å². The highest BCUT2D eigenvalue weighted by Crippen LogP contribution is 2.59. The molecular weight excluding hydrogens is 408 g/mol. The molecule has 8 nitrogen and oxygen atoms in total. The number of carbonyl (C=O) groups is 2. The molecule has 4 aliphatic carbocycles. The van der Waals surface area contributed by atoms with Crippen LogP contribution in [-0.2, 0) is 16.1 Å². The lowest BCUT2D eigenvalue weighted by Crippen LogP contribution is -2.60. The van der Waals surface area contributed by atoms with Crippen LogP contribution >= 0.6 is 0 Å². The molecule has 3 N–H and O–H groups in total. The summed E-state index contributed by atoms with van der Waals surface area (Å²) >= 11 is 0. The molecule has 4 fully saturated rings. The average Bonchev–Trinajstić information content (AvgIpc) is 3.11. The number of hydrogen-bond donors (Lipinski definition) is 3. The van der Waals surface area contributed by atoms with E-state index in [2.05, 4.69) is 15.7 Å². The van der Waals surface area contributed by atoms with Gasteiger partial charge < -0.3 is 20.5 Å². The van der Waals surface area contributed by atoms with E-state index < -0.39 is 5.54 Å². The Bertz CT molecular complexity index is 890. The molecule has 0 radical (unpaired) electrons. The van der Waals surface area contributed by atoms with Gasteiger partial charge in [0.2, 0.25) is 5.91 Å². The molecule has 8 heteroatoms. The minimum atomic E-state index is -0.548. The van der Waals surface area contributed by atoms with E-state index in [0.29, 0.717) is 29.0 Å². The molecular formula is C24H36N4O4. The number of hydrogen-bond acceptors (Lipinski definition) is 5. The Balaban J connectivity index is 1.50. The Morgan fingerprint density at radius 3 is 2.59 bits per heavy atom. The van der Waals surface area contributed by atoms with Crippen LogP contribution < -0.4 is 10.6 Å². The lowest BCUT2D eigenvalue weighted by molar-refractivity contribution is -0.120. The molecule has 2 amide bonds. The van der Waals surface area contributed by atoms with Gasteiger partial charge in [-0.05, 0) is 75.2 Å². The van der Waals surface area contributed by atoms with E-state index >= 15 is 0 Å². The van der Waals surface area contributed by atoms with Crippen molar-refractivity contribution >= 4 is 18.0 Å². The maximum atomic E-state index is 13.3. The van der Waals surface area contributed by atoms with Gasteiger partial charge in [0.05, 0.1) is 29.6 Å². The molecule has 1 aromatic heterocycles. The van der Waals surface area contributed by atoms with Crippen LogP contribution in [0.1, 0.15) is 68.9 Å². The second-order valence-electron chi connectivity index (χ2n) is 10.7. The van der Waals surface area contributed by atoms with Crippen molar-refractivity contribution in [3.8, 4) is 0 Å². The quantitative estimate of drug-likeness (QED) is 0.571. The Labute approximate surface area is 189 Å². The standard InChI is InChI=1S/C24H36N4O4/c1-15(30)27-23(2,3)5-6-28-20(13-32-4)19(12-25-28)22(31)26-21-17-7-16-8-18(21)11-24(9-16,10-17)14-29/h5-6,12,16-18,21,29H,7-11,13-14H2,1-4H3,(H,26,31)(H,27,30)/b6-5+. The van der Waals surface area contributed by atoms with Crippen molar-refractivity contribution < 1.29 is 19.4 Å². The smallest absolute Gasteiger partial charge is 0.255 e. The van der Waals surface area contributed by atoms with Crippen molar-refractivity contribution in [3.63, 3.8) is 0 Å². The van der Waals surface area contributed by atoms with Crippen LogP contribution in [0, 0.1) is 23.2 Å². The highest BCUT2D eigenvalue weighted by atomic mass is 16.5. The largest absolute Gasteiger partial charge is 0.396 e. The maximum Gasteiger partial charge on any atom is 0.255 e. The van der Waals surface area contributed by atoms with Gasteiger partial charge in [0.1, 0.15) is 0 Å². The van der Waals surface area contributed by atoms with Crippen LogP contribution in [0.2, 0.25) is 0 Å². The maximum absolute atomic E-state index is 13.3. The van der Waals surface area contributed by atoms with E-state index in [1.54, 1.807) is 24.2 Å². The van der Waals surface area contributed by atoms with Crippen molar-refractivity contribution in [2.45, 2.75) is 71.1 Å². The molecule has 4 bridgehead atoms. The summed E-state index contributed by atoms with van der Waals surface area (Å²) in [6, 6.07) is 0.159. The molecule has 1 aromatic rings. The Morgan fingerprint density at radius 1 is 1.31 bits per heavy atom. The lowest BCUT2D eigenvalue weighted by atomic mass is 9.48. The van der Waals surface area contributed by atoms with Crippen LogP contribution in [0.5, 0.6) is 0 Å². The third kappa shape index (κ3) is 4.48. The van der Waals surface area contributed by atoms with Crippen LogP contribution in [-0.4, -0.2) is 52.0 Å². The van der Waals surface area contributed by atoms with Gasteiger partial charge in [-0.3, -0.25) is 9.59 Å². The summed E-state index contributed by atoms with van der Waals surface area (Å²) in [6.45, 7) is 5.78. The normalized spacial score (nSPS) is 31.3. The second-order valence-corrected chi connectivity index (χ2v) is 10.7. The van der Waals surface area contributed by atoms with Crippen LogP contribution in [0.4, 0.5) is 0 Å². The van der Waals surface area contributed by atoms with Crippen LogP contribution in [0.3, 0.4) is 0 Å². The number of amides is 2. The number of aromatic nitrogens is 2. The zero-order valence-corrected chi connectivity index (χ0v) is 19.6. The van der Waals surface area contributed by atoms with Crippen molar-refractivity contribution in [3.05, 3.63) is 23.5 Å². The third-order valence-electron chi connectivity index (χ3n) is 7.59. The van der Waals surface area contributed by atoms with E-state index in [1.165, 1.54) is 6.92 Å². The fourth-order valence-electron chi connectivity index (χ4n) is 6.59. The Kier molecular flexibility index (Phi) is 6.20. The first-order valence-electron chi connectivity index (χ1n) is 11.6. The summed E-state index contributed by atoms with van der Waals surface area (Å²) in [5.41, 5.74) is 0.721. The van der Waals surface area contributed by atoms with E-state index in [4.69, 9.17) is 4.74 Å². The fraction of sp³-hybridized carbons (Fsp3) is 0.708. The van der Waals surface area contributed by atoms with Gasteiger partial charge in [0.25, 0.3) is 5.91 Å². The summed E-state index contributed by atoms with van der Waals surface area (Å²) in [5, 5.41) is 20.6. The van der Waals surface area contributed by atoms with Crippen molar-refractivity contribution in [2.75, 3.05) is 13.7 Å². The molecule has 0 aromatic carbocycles. The molecule has 0 aliphatic heterocycles. The first-order valence-corrected chi connectivity index (χ1v) is 11.6. The molecule has 2 unspecified atom stereocenters. The summed E-state index contributed by atoms with van der Waals surface area (Å²) in [7, 11) is 1.59. The highest BCUT2D eigenvalue weighted by Gasteiger charge is 2.55. The van der Waals surface area contributed by atoms with Crippen molar-refractivity contribution in [1.29, 1.82) is 0 Å². The molecule has 176 valence electrons. The molecule has 4 saturated carbocycles. The molecule has 1 heterocycles. The number of aliphatic hydroxyl groups excluding tert-OH is 1. The summed E-state index contributed by atoms with van der Waals surface area (Å²) < 4.78 is 6.99. The minimum absolute atomic E-state index is 0.0787. The highest BCUT2D eigenvalue weighted by molar-refractivity contribution is 5.95. The number of methoxy groups -OCH3 is 1. The Morgan fingerprint density at radius 2 is 2.00 bits per heavy atom. The molecule has 2 atom stereocenters. The van der Waals surface area contributed by atoms with Gasteiger partial charge in [-0.25, -0.2) is 4.68 Å². The van der Waals surface area contributed by atoms with E-state index in [9.17, 15) is 14.7 Å². The molecule has 0 saturated heterocycles. The van der Waals surface area contributed by atoms with Gasteiger partial charge in [-0.1, -0.05) is 0 Å². The van der Waals surface area contributed by atoms with E-state index in [1.807, 2.05) is 19.9 Å². The number of carbonyl (C=O) groups excluding carboxylic acids is 2. The van der Waals surface area contributed by atoms with Gasteiger partial charge >= 0.3 is 0 Å².